The predicted octanol–water partition coefficient (Wildman–Crippen LogP) is 5.11. The second-order valence-electron chi connectivity index (χ2n) is 7.01. The van der Waals surface area contributed by atoms with Crippen LogP contribution in [0.3, 0.4) is 0 Å². The van der Waals surface area contributed by atoms with Gasteiger partial charge in [-0.15, -0.1) is 0 Å². The third-order valence-corrected chi connectivity index (χ3v) is 5.92. The smallest absolute Gasteiger partial charge is 0.254 e. The topological polar surface area (TPSA) is 49.0 Å². The lowest BCUT2D eigenvalue weighted by molar-refractivity contribution is 0.0692. The fraction of sp³-hybridized carbons (Fsp3) is 0.130. The molecule has 1 amide bonds. The van der Waals surface area contributed by atoms with Crippen molar-refractivity contribution in [3.05, 3.63) is 99.9 Å². The highest BCUT2D eigenvalue weighted by Crippen LogP contribution is 2.38. The molecule has 3 heterocycles. The summed E-state index contributed by atoms with van der Waals surface area (Å²) in [6, 6.07) is 19.7. The van der Waals surface area contributed by atoms with E-state index in [1.807, 2.05) is 53.6 Å². The minimum absolute atomic E-state index is 0.0330. The van der Waals surface area contributed by atoms with Gasteiger partial charge in [0, 0.05) is 45.6 Å². The van der Waals surface area contributed by atoms with Crippen LogP contribution in [-0.2, 0) is 6.42 Å². The normalized spacial score (nSPS) is 16.2. The highest BCUT2D eigenvalue weighted by atomic mass is 79.9. The summed E-state index contributed by atoms with van der Waals surface area (Å²) < 4.78 is 0.962. The van der Waals surface area contributed by atoms with E-state index in [0.717, 1.165) is 27.7 Å². The molecule has 1 atom stereocenters. The molecule has 4 aromatic rings. The number of hydrogen-bond donors (Lipinski definition) is 1. The van der Waals surface area contributed by atoms with Gasteiger partial charge in [-0.1, -0.05) is 40.2 Å². The summed E-state index contributed by atoms with van der Waals surface area (Å²) >= 11 is 3.44. The van der Waals surface area contributed by atoms with Gasteiger partial charge in [0.15, 0.2) is 0 Å². The van der Waals surface area contributed by atoms with Gasteiger partial charge < -0.3 is 9.88 Å². The molecule has 0 saturated heterocycles. The van der Waals surface area contributed by atoms with Crippen LogP contribution in [0.15, 0.2) is 77.5 Å². The van der Waals surface area contributed by atoms with E-state index >= 15 is 0 Å². The van der Waals surface area contributed by atoms with E-state index in [9.17, 15) is 4.79 Å². The molecule has 0 aliphatic carbocycles. The zero-order valence-corrected chi connectivity index (χ0v) is 16.7. The third-order valence-electron chi connectivity index (χ3n) is 5.39. The number of hydrogen-bond acceptors (Lipinski definition) is 2. The lowest BCUT2D eigenvalue weighted by Crippen LogP contribution is -2.40. The van der Waals surface area contributed by atoms with Crippen molar-refractivity contribution in [2.75, 3.05) is 6.54 Å². The maximum Gasteiger partial charge on any atom is 0.254 e. The van der Waals surface area contributed by atoms with E-state index in [4.69, 9.17) is 0 Å². The number of carbonyl (C=O) groups excluding carboxylic acids is 1. The van der Waals surface area contributed by atoms with Crippen molar-refractivity contribution in [1.29, 1.82) is 0 Å². The van der Waals surface area contributed by atoms with Gasteiger partial charge in [-0.3, -0.25) is 9.78 Å². The molecule has 1 N–H and O–H groups in total. The van der Waals surface area contributed by atoms with Crippen molar-refractivity contribution in [2.24, 2.45) is 0 Å². The van der Waals surface area contributed by atoms with Crippen LogP contribution in [-0.4, -0.2) is 27.3 Å². The number of para-hydroxylation sites is 1. The van der Waals surface area contributed by atoms with Gasteiger partial charge in [-0.2, -0.15) is 0 Å². The molecule has 138 valence electrons. The number of pyridine rings is 1. The van der Waals surface area contributed by atoms with E-state index in [-0.39, 0.29) is 11.9 Å². The number of benzene rings is 2. The molecule has 28 heavy (non-hydrogen) atoms. The number of carbonyl (C=O) groups is 1. The van der Waals surface area contributed by atoms with Crippen LogP contribution in [0.5, 0.6) is 0 Å². The van der Waals surface area contributed by atoms with Crippen molar-refractivity contribution in [3.8, 4) is 0 Å². The Morgan fingerprint density at radius 2 is 1.89 bits per heavy atom. The first-order chi connectivity index (χ1) is 13.7. The van der Waals surface area contributed by atoms with Gasteiger partial charge >= 0.3 is 0 Å². The van der Waals surface area contributed by atoms with Crippen molar-refractivity contribution in [2.45, 2.75) is 12.5 Å². The summed E-state index contributed by atoms with van der Waals surface area (Å²) in [5.74, 6) is 0.0330. The first-order valence-electron chi connectivity index (χ1n) is 9.28. The Balaban J connectivity index is 1.65. The SMILES string of the molecule is O=C(c1ccc(Br)cc1)N1CCc2c([nH]c3ccccc23)C1c1cccnc1. The quantitative estimate of drug-likeness (QED) is 0.479. The van der Waals surface area contributed by atoms with E-state index in [0.29, 0.717) is 12.1 Å². The third kappa shape index (κ3) is 2.83. The number of fused-ring (bicyclic) bond motifs is 3. The maximum absolute atomic E-state index is 13.4. The Morgan fingerprint density at radius 3 is 2.68 bits per heavy atom. The highest BCUT2D eigenvalue weighted by molar-refractivity contribution is 9.10. The van der Waals surface area contributed by atoms with Crippen LogP contribution < -0.4 is 0 Å². The fourth-order valence-electron chi connectivity index (χ4n) is 4.10. The Kier molecular flexibility index (Phi) is 4.24. The Hall–Kier alpha value is -2.92. The Morgan fingerprint density at radius 1 is 1.07 bits per heavy atom. The number of aromatic nitrogens is 2. The van der Waals surface area contributed by atoms with Crippen LogP contribution in [0, 0.1) is 0 Å². The highest BCUT2D eigenvalue weighted by Gasteiger charge is 2.35. The van der Waals surface area contributed by atoms with Crippen molar-refractivity contribution < 1.29 is 4.79 Å². The molecule has 1 aliphatic rings. The van der Waals surface area contributed by atoms with Gasteiger partial charge in [-0.25, -0.2) is 0 Å². The van der Waals surface area contributed by atoms with E-state index in [2.05, 4.69) is 44.1 Å². The second-order valence-corrected chi connectivity index (χ2v) is 7.92. The number of aromatic amines is 1. The number of H-pyrrole nitrogens is 1. The summed E-state index contributed by atoms with van der Waals surface area (Å²) in [7, 11) is 0. The summed E-state index contributed by atoms with van der Waals surface area (Å²) in [6.45, 7) is 0.670. The molecule has 0 fully saturated rings. The Bertz CT molecular complexity index is 1150. The van der Waals surface area contributed by atoms with Gasteiger partial charge in [0.25, 0.3) is 5.91 Å². The van der Waals surface area contributed by atoms with Crippen molar-refractivity contribution >= 4 is 32.7 Å². The molecular weight excluding hydrogens is 414 g/mol. The molecule has 5 rings (SSSR count). The van der Waals surface area contributed by atoms with Crippen LogP contribution in [0.1, 0.15) is 33.2 Å². The number of nitrogens with one attached hydrogen (secondary N) is 1. The van der Waals surface area contributed by atoms with E-state index < -0.39 is 0 Å². The first kappa shape index (κ1) is 17.2. The standard InChI is InChI=1S/C23H18BrN3O/c24-17-9-7-15(8-10-17)23(28)27-13-11-19-18-5-1-2-6-20(18)26-21(19)22(27)16-4-3-12-25-14-16/h1-10,12,14,22,26H,11,13H2. The van der Waals surface area contributed by atoms with Crippen molar-refractivity contribution in [3.63, 3.8) is 0 Å². The van der Waals surface area contributed by atoms with Gasteiger partial charge in [0.2, 0.25) is 0 Å². The predicted molar refractivity (Wildman–Crippen MR) is 113 cm³/mol. The Labute approximate surface area is 171 Å². The van der Waals surface area contributed by atoms with E-state index in [1.54, 1.807) is 6.20 Å². The minimum Gasteiger partial charge on any atom is -0.356 e. The van der Waals surface area contributed by atoms with Gasteiger partial charge in [0.1, 0.15) is 0 Å². The maximum atomic E-state index is 13.4. The van der Waals surface area contributed by atoms with Gasteiger partial charge in [-0.05, 0) is 53.9 Å². The molecular formula is C23H18BrN3O. The molecule has 2 aromatic carbocycles. The van der Waals surface area contributed by atoms with Crippen LogP contribution in [0.2, 0.25) is 0 Å². The molecule has 0 spiro atoms. The zero-order chi connectivity index (χ0) is 19.1. The molecule has 4 nitrogen and oxygen atoms in total. The average Bonchev–Trinajstić information content (AvgIpc) is 3.12. The van der Waals surface area contributed by atoms with Gasteiger partial charge in [0.05, 0.1) is 6.04 Å². The number of rotatable bonds is 2. The lowest BCUT2D eigenvalue weighted by Gasteiger charge is -2.36. The second kappa shape index (κ2) is 6.91. The average molecular weight is 432 g/mol. The summed E-state index contributed by atoms with van der Waals surface area (Å²) in [5.41, 5.74) is 5.20. The molecule has 0 saturated carbocycles. The molecule has 5 heteroatoms. The first-order valence-corrected chi connectivity index (χ1v) is 10.1. The number of nitrogens with zero attached hydrogens (tertiary/aromatic N) is 2. The minimum atomic E-state index is -0.180. The number of amides is 1. The van der Waals surface area contributed by atoms with Crippen LogP contribution in [0.4, 0.5) is 0 Å². The largest absolute Gasteiger partial charge is 0.356 e. The molecule has 2 aromatic heterocycles. The molecule has 0 radical (unpaired) electrons. The monoisotopic (exact) mass is 431 g/mol. The number of halogens is 1. The van der Waals surface area contributed by atoms with Crippen molar-refractivity contribution in [1.82, 2.24) is 14.9 Å². The van der Waals surface area contributed by atoms with Crippen LogP contribution in [0.25, 0.3) is 10.9 Å². The van der Waals surface area contributed by atoms with E-state index in [1.165, 1.54) is 10.9 Å². The zero-order valence-electron chi connectivity index (χ0n) is 15.1. The molecule has 1 aliphatic heterocycles. The molecule has 0 bridgehead atoms. The fourth-order valence-corrected chi connectivity index (χ4v) is 4.37. The summed E-state index contributed by atoms with van der Waals surface area (Å²) in [4.78, 5) is 23.2. The summed E-state index contributed by atoms with van der Waals surface area (Å²) in [5, 5.41) is 1.24. The molecule has 1 unspecified atom stereocenters. The summed E-state index contributed by atoms with van der Waals surface area (Å²) in [6.07, 6.45) is 4.45. The lowest BCUT2D eigenvalue weighted by atomic mass is 9.92. The van der Waals surface area contributed by atoms with Crippen LogP contribution >= 0.6 is 15.9 Å².